The predicted molar refractivity (Wildman–Crippen MR) is 155 cm³/mol. The van der Waals surface area contributed by atoms with Crippen LogP contribution in [0.5, 0.6) is 0 Å². The zero-order chi connectivity index (χ0) is 32.4. The van der Waals surface area contributed by atoms with E-state index in [2.05, 4.69) is 4.98 Å². The molecule has 0 fully saturated rings. The maximum Gasteiger partial charge on any atom is 0.416 e. The van der Waals surface area contributed by atoms with E-state index in [1.54, 1.807) is 11.1 Å². The molecule has 4 aromatic rings. The summed E-state index contributed by atoms with van der Waals surface area (Å²) in [6.07, 6.45) is -7.43. The van der Waals surface area contributed by atoms with Gasteiger partial charge in [-0.2, -0.15) is 31.4 Å². The second kappa shape index (κ2) is 9.34. The normalized spacial score (nSPS) is 22.2. The highest BCUT2D eigenvalue weighted by Gasteiger charge is 2.55. The van der Waals surface area contributed by atoms with Crippen molar-refractivity contribution in [2.75, 3.05) is 0 Å². The molecule has 7 rings (SSSR count). The van der Waals surface area contributed by atoms with Gasteiger partial charge in [0.05, 0.1) is 39.2 Å². The lowest BCUT2D eigenvalue weighted by atomic mass is 9.62. The number of para-hydroxylation sites is 1. The number of rotatable bonds is 3. The van der Waals surface area contributed by atoms with Gasteiger partial charge >= 0.3 is 12.4 Å². The SMILES string of the molecule is CCc1cccc2c1-n1nc3c(c1C1(C)C2=C(F)C(C)c2[nH]ccc21)CN(Cc1ccc(C(F)(F)F)cc1C(F)(F)F)C3(C)C. The molecule has 11 heteroatoms. The summed E-state index contributed by atoms with van der Waals surface area (Å²) in [5, 5.41) is 5.13. The molecular formula is C34H31F7N4. The third kappa shape index (κ3) is 3.98. The molecule has 2 unspecified atom stereocenters. The summed E-state index contributed by atoms with van der Waals surface area (Å²) in [6.45, 7) is 9.45. The minimum atomic E-state index is -4.98. The van der Waals surface area contributed by atoms with Gasteiger partial charge in [-0.1, -0.05) is 38.1 Å². The average molecular weight is 629 g/mol. The van der Waals surface area contributed by atoms with Gasteiger partial charge < -0.3 is 4.98 Å². The highest BCUT2D eigenvalue weighted by molar-refractivity contribution is 5.90. The summed E-state index contributed by atoms with van der Waals surface area (Å²) in [5.41, 5.74) is 2.15. The fourth-order valence-corrected chi connectivity index (χ4v) is 7.78. The van der Waals surface area contributed by atoms with E-state index in [0.29, 0.717) is 23.8 Å². The fourth-order valence-electron chi connectivity index (χ4n) is 7.78. The third-order valence-corrected chi connectivity index (χ3v) is 10.1. The first-order valence-electron chi connectivity index (χ1n) is 14.9. The molecule has 236 valence electrons. The van der Waals surface area contributed by atoms with Crippen molar-refractivity contribution in [2.24, 2.45) is 0 Å². The van der Waals surface area contributed by atoms with Gasteiger partial charge in [0.2, 0.25) is 0 Å². The number of hydrogen-bond acceptors (Lipinski definition) is 2. The summed E-state index contributed by atoms with van der Waals surface area (Å²) in [5.74, 6) is -0.760. The lowest BCUT2D eigenvalue weighted by Gasteiger charge is -2.44. The molecule has 0 amide bonds. The van der Waals surface area contributed by atoms with Gasteiger partial charge in [-0.15, -0.1) is 0 Å². The van der Waals surface area contributed by atoms with E-state index < -0.39 is 40.4 Å². The second-order valence-corrected chi connectivity index (χ2v) is 12.9. The monoisotopic (exact) mass is 628 g/mol. The molecular weight excluding hydrogens is 597 g/mol. The Morgan fingerprint density at radius 1 is 0.978 bits per heavy atom. The number of halogens is 7. The van der Waals surface area contributed by atoms with E-state index in [9.17, 15) is 26.3 Å². The van der Waals surface area contributed by atoms with Crippen molar-refractivity contribution in [3.63, 3.8) is 0 Å². The van der Waals surface area contributed by atoms with E-state index >= 15 is 4.39 Å². The summed E-state index contributed by atoms with van der Waals surface area (Å²) in [7, 11) is 0. The van der Waals surface area contributed by atoms with Crippen LogP contribution in [0.3, 0.4) is 0 Å². The first-order chi connectivity index (χ1) is 21.0. The first kappa shape index (κ1) is 29.8. The Bertz CT molecular complexity index is 1910. The van der Waals surface area contributed by atoms with Gasteiger partial charge in [-0.3, -0.25) is 4.90 Å². The highest BCUT2D eigenvalue weighted by atomic mass is 19.4. The van der Waals surface area contributed by atoms with Gasteiger partial charge in [0.1, 0.15) is 5.83 Å². The van der Waals surface area contributed by atoms with E-state index in [1.165, 1.54) is 0 Å². The summed E-state index contributed by atoms with van der Waals surface area (Å²) in [4.78, 5) is 5.03. The molecule has 1 N–H and O–H groups in total. The van der Waals surface area contributed by atoms with Crippen molar-refractivity contribution in [3.8, 4) is 5.69 Å². The molecule has 4 heterocycles. The van der Waals surface area contributed by atoms with Gasteiger partial charge in [0.25, 0.3) is 0 Å². The zero-order valence-electron chi connectivity index (χ0n) is 25.3. The van der Waals surface area contributed by atoms with Crippen LogP contribution in [-0.4, -0.2) is 19.7 Å². The molecule has 0 saturated carbocycles. The van der Waals surface area contributed by atoms with Crippen LogP contribution in [0.15, 0.2) is 54.5 Å². The molecule has 2 atom stereocenters. The van der Waals surface area contributed by atoms with Crippen LogP contribution in [0.1, 0.15) is 96.6 Å². The minimum absolute atomic E-state index is 0.180. The molecule has 4 nitrogen and oxygen atoms in total. The zero-order valence-corrected chi connectivity index (χ0v) is 25.3. The highest BCUT2D eigenvalue weighted by Crippen LogP contribution is 2.60. The maximum absolute atomic E-state index is 16.6. The number of alkyl halides is 6. The Kier molecular flexibility index (Phi) is 6.19. The molecule has 0 bridgehead atoms. The van der Waals surface area contributed by atoms with E-state index in [4.69, 9.17) is 5.10 Å². The smallest absolute Gasteiger partial charge is 0.364 e. The molecule has 0 saturated heterocycles. The van der Waals surface area contributed by atoms with Gasteiger partial charge in [-0.25, -0.2) is 9.07 Å². The lowest BCUT2D eigenvalue weighted by molar-refractivity contribution is -0.143. The Balaban J connectivity index is 1.42. The van der Waals surface area contributed by atoms with Crippen molar-refractivity contribution >= 4 is 5.57 Å². The van der Waals surface area contributed by atoms with Crippen LogP contribution in [0.4, 0.5) is 30.7 Å². The number of aromatic amines is 1. The van der Waals surface area contributed by atoms with Crippen LogP contribution in [-0.2, 0) is 42.8 Å². The maximum atomic E-state index is 16.6. The Morgan fingerprint density at radius 3 is 2.38 bits per heavy atom. The van der Waals surface area contributed by atoms with E-state index in [0.717, 1.165) is 45.4 Å². The van der Waals surface area contributed by atoms with Crippen LogP contribution in [0.2, 0.25) is 0 Å². The number of fused-ring (bicyclic) bond motifs is 10. The van der Waals surface area contributed by atoms with Crippen molar-refractivity contribution in [3.05, 3.63) is 111 Å². The predicted octanol–water partition coefficient (Wildman–Crippen LogP) is 9.17. The standard InChI is InChI=1S/C34H31F7N4/c1-6-18-8-7-9-21-25-26(35)17(2)27-23(12-13-42-27)32(25,5)30-22-16-44(31(3,4)29(22)43-45(30)28(18)21)15-19-10-11-20(33(36,37)38)14-24(19)34(39,40)41/h7-14,17,42H,6,15-16H2,1-5H3. The average Bonchev–Trinajstić information content (AvgIpc) is 3.66. The van der Waals surface area contributed by atoms with Gasteiger partial charge in [0.15, 0.2) is 0 Å². The number of H-pyrrole nitrogens is 1. The molecule has 0 spiro atoms. The molecule has 1 aliphatic carbocycles. The fraction of sp³-hybridized carbons (Fsp3) is 0.382. The third-order valence-electron chi connectivity index (χ3n) is 10.1. The summed E-state index contributed by atoms with van der Waals surface area (Å²) < 4.78 is 101. The number of hydrogen-bond donors (Lipinski definition) is 1. The van der Waals surface area contributed by atoms with E-state index in [-0.39, 0.29) is 30.5 Å². The molecule has 2 aromatic carbocycles. The van der Waals surface area contributed by atoms with Crippen molar-refractivity contribution in [1.82, 2.24) is 19.7 Å². The van der Waals surface area contributed by atoms with Crippen LogP contribution < -0.4 is 0 Å². The number of aromatic nitrogens is 3. The first-order valence-corrected chi connectivity index (χ1v) is 14.9. The Morgan fingerprint density at radius 2 is 1.71 bits per heavy atom. The molecule has 3 aliphatic rings. The van der Waals surface area contributed by atoms with Crippen LogP contribution >= 0.6 is 0 Å². The number of benzene rings is 2. The van der Waals surface area contributed by atoms with E-state index in [1.807, 2.05) is 63.6 Å². The number of aryl methyl sites for hydroxylation is 1. The number of nitrogens with zero attached hydrogens (tertiary/aromatic N) is 3. The molecule has 45 heavy (non-hydrogen) atoms. The molecule has 0 radical (unpaired) electrons. The van der Waals surface area contributed by atoms with Gasteiger partial charge in [0, 0.05) is 47.6 Å². The minimum Gasteiger partial charge on any atom is -0.364 e. The van der Waals surface area contributed by atoms with Crippen molar-refractivity contribution in [1.29, 1.82) is 0 Å². The quantitative estimate of drug-likeness (QED) is 0.230. The largest absolute Gasteiger partial charge is 0.416 e. The van der Waals surface area contributed by atoms with Crippen LogP contribution in [0.25, 0.3) is 11.3 Å². The molecule has 2 aliphatic heterocycles. The number of allylic oxidation sites excluding steroid dienone is 2. The van der Waals surface area contributed by atoms with Crippen molar-refractivity contribution < 1.29 is 30.7 Å². The van der Waals surface area contributed by atoms with Gasteiger partial charge in [-0.05, 0) is 62.1 Å². The van der Waals surface area contributed by atoms with Crippen LogP contribution in [0, 0.1) is 0 Å². The molecule has 2 aromatic heterocycles. The Labute approximate surface area is 255 Å². The second-order valence-electron chi connectivity index (χ2n) is 12.9. The summed E-state index contributed by atoms with van der Waals surface area (Å²) in [6, 6.07) is 9.57. The Hall–Kier alpha value is -3.86. The topological polar surface area (TPSA) is 36.9 Å². The number of nitrogens with one attached hydrogen (secondary N) is 1. The lowest BCUT2D eigenvalue weighted by Crippen LogP contribution is -2.40. The summed E-state index contributed by atoms with van der Waals surface area (Å²) >= 11 is 0. The van der Waals surface area contributed by atoms with Crippen molar-refractivity contribution in [2.45, 2.75) is 83.4 Å².